The average Bonchev–Trinajstić information content (AvgIpc) is 2.56. The molecule has 1 aromatic carbocycles. The Morgan fingerprint density at radius 1 is 1.22 bits per heavy atom. The molecule has 1 amide bonds. The maximum Gasteiger partial charge on any atom is 0.261 e. The third-order valence-corrected chi connectivity index (χ3v) is 3.98. The predicted octanol–water partition coefficient (Wildman–Crippen LogP) is 3.38. The van der Waals surface area contributed by atoms with Gasteiger partial charge in [-0.25, -0.2) is 0 Å². The number of carbonyl (C=O) groups is 1. The first-order valence-electron chi connectivity index (χ1n) is 8.17. The lowest BCUT2D eigenvalue weighted by atomic mass is 10.0. The van der Waals surface area contributed by atoms with Gasteiger partial charge in [0.15, 0.2) is 0 Å². The second-order valence-corrected chi connectivity index (χ2v) is 5.73. The maximum absolute atomic E-state index is 12.5. The molecule has 0 radical (unpaired) electrons. The first kappa shape index (κ1) is 17.0. The van der Waals surface area contributed by atoms with Crippen molar-refractivity contribution in [1.29, 1.82) is 0 Å². The van der Waals surface area contributed by atoms with Crippen molar-refractivity contribution < 1.29 is 4.79 Å². The summed E-state index contributed by atoms with van der Waals surface area (Å²) < 4.78 is 0. The lowest BCUT2D eigenvalue weighted by Crippen LogP contribution is -2.32. The molecule has 2 rings (SSSR count). The van der Waals surface area contributed by atoms with Gasteiger partial charge in [0.1, 0.15) is 5.56 Å². The number of pyridine rings is 1. The number of hydrogen-bond acceptors (Lipinski definition) is 2. The van der Waals surface area contributed by atoms with Gasteiger partial charge in [0.25, 0.3) is 11.5 Å². The number of carbonyl (C=O) groups excluding carboxylic acids is 1. The molecule has 0 saturated carbocycles. The van der Waals surface area contributed by atoms with E-state index in [1.807, 2.05) is 44.2 Å². The third-order valence-electron chi connectivity index (χ3n) is 3.98. The highest BCUT2D eigenvalue weighted by Crippen LogP contribution is 2.13. The van der Waals surface area contributed by atoms with Crippen molar-refractivity contribution in [1.82, 2.24) is 10.3 Å². The summed E-state index contributed by atoms with van der Waals surface area (Å²) in [7, 11) is 0. The number of benzene rings is 1. The van der Waals surface area contributed by atoms with E-state index in [1.165, 1.54) is 0 Å². The summed E-state index contributed by atoms with van der Waals surface area (Å²) in [5, 5.41) is 2.90. The number of nitrogens with one attached hydrogen (secondary N) is 2. The van der Waals surface area contributed by atoms with Crippen LogP contribution in [0.25, 0.3) is 0 Å². The molecular formula is C19H24N2O2. The number of H-pyrrole nitrogens is 1. The van der Waals surface area contributed by atoms with E-state index in [9.17, 15) is 9.59 Å². The fraction of sp³-hybridized carbons (Fsp3) is 0.368. The summed E-state index contributed by atoms with van der Waals surface area (Å²) >= 11 is 0. The van der Waals surface area contributed by atoms with E-state index < -0.39 is 0 Å². The highest BCUT2D eigenvalue weighted by atomic mass is 16.2. The molecule has 4 nitrogen and oxygen atoms in total. The van der Waals surface area contributed by atoms with Crippen LogP contribution in [0.2, 0.25) is 0 Å². The zero-order valence-corrected chi connectivity index (χ0v) is 14.0. The Morgan fingerprint density at radius 3 is 2.52 bits per heavy atom. The van der Waals surface area contributed by atoms with Gasteiger partial charge in [-0.15, -0.1) is 0 Å². The number of aromatic amines is 1. The van der Waals surface area contributed by atoms with Gasteiger partial charge in [-0.3, -0.25) is 9.59 Å². The molecule has 0 spiro atoms. The monoisotopic (exact) mass is 312 g/mol. The summed E-state index contributed by atoms with van der Waals surface area (Å²) in [6, 6.07) is 11.3. The van der Waals surface area contributed by atoms with E-state index in [4.69, 9.17) is 0 Å². The van der Waals surface area contributed by atoms with Crippen LogP contribution in [-0.4, -0.2) is 10.9 Å². The second kappa shape index (κ2) is 7.77. The molecule has 2 N–H and O–H groups in total. The Bertz CT molecular complexity index is 720. The molecule has 2 aromatic rings. The molecule has 0 aliphatic heterocycles. The Balaban J connectivity index is 2.25. The van der Waals surface area contributed by atoms with E-state index in [0.29, 0.717) is 0 Å². The zero-order chi connectivity index (χ0) is 16.8. The van der Waals surface area contributed by atoms with Gasteiger partial charge in [-0.05, 0) is 37.0 Å². The summed E-state index contributed by atoms with van der Waals surface area (Å²) in [6.07, 6.45) is 2.59. The topological polar surface area (TPSA) is 62.0 Å². The van der Waals surface area contributed by atoms with Crippen LogP contribution in [0.4, 0.5) is 0 Å². The number of hydrogen-bond donors (Lipinski definition) is 2. The molecule has 0 aliphatic carbocycles. The van der Waals surface area contributed by atoms with Crippen LogP contribution >= 0.6 is 0 Å². The van der Waals surface area contributed by atoms with E-state index in [2.05, 4.69) is 17.2 Å². The SMILES string of the molecule is CCCc1cc(C(=O)N[C@H](C)c2ccccc2)c(=O)[nH]c1CC. The van der Waals surface area contributed by atoms with E-state index in [-0.39, 0.29) is 23.1 Å². The molecule has 122 valence electrons. The fourth-order valence-corrected chi connectivity index (χ4v) is 2.69. The summed E-state index contributed by atoms with van der Waals surface area (Å²) in [6.45, 7) is 6.00. The molecule has 0 saturated heterocycles. The normalized spacial score (nSPS) is 12.0. The fourth-order valence-electron chi connectivity index (χ4n) is 2.69. The Hall–Kier alpha value is -2.36. The van der Waals surface area contributed by atoms with Crippen LogP contribution < -0.4 is 10.9 Å². The van der Waals surface area contributed by atoms with Crippen molar-refractivity contribution in [2.45, 2.75) is 46.1 Å². The van der Waals surface area contributed by atoms with Gasteiger partial charge < -0.3 is 10.3 Å². The first-order valence-corrected chi connectivity index (χ1v) is 8.17. The average molecular weight is 312 g/mol. The van der Waals surface area contributed by atoms with Crippen molar-refractivity contribution in [3.05, 3.63) is 69.1 Å². The van der Waals surface area contributed by atoms with Crippen molar-refractivity contribution in [3.63, 3.8) is 0 Å². The Kier molecular flexibility index (Phi) is 5.74. The van der Waals surface area contributed by atoms with E-state index in [0.717, 1.165) is 36.1 Å². The zero-order valence-electron chi connectivity index (χ0n) is 14.0. The van der Waals surface area contributed by atoms with Crippen LogP contribution in [0.5, 0.6) is 0 Å². The van der Waals surface area contributed by atoms with Gasteiger partial charge in [-0.1, -0.05) is 50.6 Å². The molecule has 0 fully saturated rings. The van der Waals surface area contributed by atoms with Crippen LogP contribution in [-0.2, 0) is 12.8 Å². The summed E-state index contributed by atoms with van der Waals surface area (Å²) in [4.78, 5) is 27.5. The predicted molar refractivity (Wildman–Crippen MR) is 92.8 cm³/mol. The van der Waals surface area contributed by atoms with Gasteiger partial charge in [0.05, 0.1) is 6.04 Å². The highest BCUT2D eigenvalue weighted by Gasteiger charge is 2.16. The lowest BCUT2D eigenvalue weighted by Gasteiger charge is -2.15. The van der Waals surface area contributed by atoms with Crippen LogP contribution in [0.3, 0.4) is 0 Å². The van der Waals surface area contributed by atoms with Crippen molar-refractivity contribution in [3.8, 4) is 0 Å². The van der Waals surface area contributed by atoms with Crippen molar-refractivity contribution in [2.24, 2.45) is 0 Å². The second-order valence-electron chi connectivity index (χ2n) is 5.73. The molecule has 0 bridgehead atoms. The summed E-state index contributed by atoms with van der Waals surface area (Å²) in [5.41, 5.74) is 2.85. The van der Waals surface area contributed by atoms with Crippen LogP contribution in [0.1, 0.15) is 60.4 Å². The molecule has 0 unspecified atom stereocenters. The molecule has 1 heterocycles. The van der Waals surface area contributed by atoms with Crippen LogP contribution in [0, 0.1) is 0 Å². The van der Waals surface area contributed by atoms with Crippen molar-refractivity contribution in [2.75, 3.05) is 0 Å². The van der Waals surface area contributed by atoms with Crippen molar-refractivity contribution >= 4 is 5.91 Å². The Morgan fingerprint density at radius 2 is 1.91 bits per heavy atom. The molecule has 1 aromatic heterocycles. The number of amides is 1. The molecular weight excluding hydrogens is 288 g/mol. The lowest BCUT2D eigenvalue weighted by molar-refractivity contribution is 0.0938. The summed E-state index contributed by atoms with van der Waals surface area (Å²) in [5.74, 6) is -0.331. The molecule has 1 atom stereocenters. The van der Waals surface area contributed by atoms with Gasteiger partial charge in [0.2, 0.25) is 0 Å². The highest BCUT2D eigenvalue weighted by molar-refractivity contribution is 5.94. The molecule has 23 heavy (non-hydrogen) atoms. The minimum atomic E-state index is -0.331. The smallest absolute Gasteiger partial charge is 0.261 e. The minimum absolute atomic E-state index is 0.149. The largest absolute Gasteiger partial charge is 0.345 e. The first-order chi connectivity index (χ1) is 11.1. The molecule has 0 aliphatic rings. The van der Waals surface area contributed by atoms with Gasteiger partial charge in [0, 0.05) is 5.69 Å². The number of aryl methyl sites for hydroxylation is 2. The van der Waals surface area contributed by atoms with Crippen LogP contribution in [0.15, 0.2) is 41.2 Å². The third kappa shape index (κ3) is 4.09. The maximum atomic E-state index is 12.5. The van der Waals surface area contributed by atoms with E-state index >= 15 is 0 Å². The van der Waals surface area contributed by atoms with Gasteiger partial charge >= 0.3 is 0 Å². The Labute approximate surface area is 137 Å². The number of rotatable bonds is 6. The number of aromatic nitrogens is 1. The molecule has 4 heteroatoms. The van der Waals surface area contributed by atoms with E-state index in [1.54, 1.807) is 6.07 Å². The van der Waals surface area contributed by atoms with Gasteiger partial charge in [-0.2, -0.15) is 0 Å². The minimum Gasteiger partial charge on any atom is -0.345 e. The standard InChI is InChI=1S/C19H24N2O2/c1-4-9-15-12-16(19(23)21-17(15)5-2)18(22)20-13(3)14-10-7-6-8-11-14/h6-8,10-13H,4-5,9H2,1-3H3,(H,20,22)(H,21,23)/t13-/m1/s1. The quantitative estimate of drug-likeness (QED) is 0.859.